The van der Waals surface area contributed by atoms with Crippen LogP contribution in [0.15, 0.2) is 0 Å². The van der Waals surface area contributed by atoms with Crippen LogP contribution in [0, 0.1) is 0 Å². The van der Waals surface area contributed by atoms with Gasteiger partial charge in [0.25, 0.3) is 0 Å². The van der Waals surface area contributed by atoms with Crippen LogP contribution in [0.2, 0.25) is 0 Å². The highest BCUT2D eigenvalue weighted by atomic mass is 16.3. The van der Waals surface area contributed by atoms with Gasteiger partial charge in [-0.1, -0.05) is 0 Å². The van der Waals surface area contributed by atoms with Crippen LogP contribution < -0.4 is 11.5 Å². The van der Waals surface area contributed by atoms with E-state index in [9.17, 15) is 4.79 Å². The molecule has 0 aliphatic heterocycles. The molecule has 0 aliphatic rings. The van der Waals surface area contributed by atoms with Crippen molar-refractivity contribution >= 4 is 5.91 Å². The highest BCUT2D eigenvalue weighted by Gasteiger charge is 1.97. The SMILES string of the molecule is NC(=O)CCCCC(N)O. The number of hydrogen-bond acceptors (Lipinski definition) is 3. The number of rotatable bonds is 5. The number of hydrogen-bond donors (Lipinski definition) is 3. The molecule has 60 valence electrons. The lowest BCUT2D eigenvalue weighted by atomic mass is 10.2. The monoisotopic (exact) mass is 146 g/mol. The number of carbonyl (C=O) groups is 1. The van der Waals surface area contributed by atoms with Gasteiger partial charge in [-0.3, -0.25) is 4.79 Å². The minimum atomic E-state index is -0.757. The molecular formula is C6H14N2O2. The fourth-order valence-electron chi connectivity index (χ4n) is 0.653. The van der Waals surface area contributed by atoms with Crippen LogP contribution in [0.1, 0.15) is 25.7 Å². The van der Waals surface area contributed by atoms with Crippen molar-refractivity contribution in [1.29, 1.82) is 0 Å². The highest BCUT2D eigenvalue weighted by molar-refractivity contribution is 5.73. The van der Waals surface area contributed by atoms with Crippen molar-refractivity contribution in [1.82, 2.24) is 0 Å². The average Bonchev–Trinajstić information content (AvgIpc) is 1.79. The van der Waals surface area contributed by atoms with Gasteiger partial charge in [0.1, 0.15) is 6.23 Å². The van der Waals surface area contributed by atoms with Gasteiger partial charge in [0.15, 0.2) is 0 Å². The van der Waals surface area contributed by atoms with Crippen molar-refractivity contribution < 1.29 is 9.90 Å². The van der Waals surface area contributed by atoms with Gasteiger partial charge >= 0.3 is 0 Å². The Morgan fingerprint density at radius 2 is 2.10 bits per heavy atom. The van der Waals surface area contributed by atoms with Crippen LogP contribution >= 0.6 is 0 Å². The first-order valence-electron chi connectivity index (χ1n) is 3.35. The van der Waals surface area contributed by atoms with E-state index in [1.54, 1.807) is 0 Å². The molecule has 0 rings (SSSR count). The molecule has 0 aromatic rings. The Balaban J connectivity index is 2.98. The zero-order valence-corrected chi connectivity index (χ0v) is 5.92. The van der Waals surface area contributed by atoms with Gasteiger partial charge in [-0.05, 0) is 19.3 Å². The molecule has 0 radical (unpaired) electrons. The van der Waals surface area contributed by atoms with E-state index >= 15 is 0 Å². The van der Waals surface area contributed by atoms with Gasteiger partial charge in [0.05, 0.1) is 0 Å². The molecule has 0 aromatic carbocycles. The highest BCUT2D eigenvalue weighted by Crippen LogP contribution is 1.99. The molecule has 1 unspecified atom stereocenters. The summed E-state index contributed by atoms with van der Waals surface area (Å²) in [4.78, 5) is 10.2. The Hall–Kier alpha value is -0.610. The zero-order valence-electron chi connectivity index (χ0n) is 5.92. The lowest BCUT2D eigenvalue weighted by Gasteiger charge is -2.01. The van der Waals surface area contributed by atoms with Crippen LogP contribution in [0.3, 0.4) is 0 Å². The summed E-state index contributed by atoms with van der Waals surface area (Å²) >= 11 is 0. The Kier molecular flexibility index (Phi) is 4.88. The van der Waals surface area contributed by atoms with Gasteiger partial charge in [0, 0.05) is 6.42 Å². The summed E-state index contributed by atoms with van der Waals surface area (Å²) in [6, 6.07) is 0. The molecule has 1 amide bonds. The molecule has 0 saturated carbocycles. The molecule has 0 heterocycles. The minimum Gasteiger partial charge on any atom is -0.379 e. The fourth-order valence-corrected chi connectivity index (χ4v) is 0.653. The second-order valence-electron chi connectivity index (χ2n) is 2.28. The number of nitrogens with two attached hydrogens (primary N) is 2. The molecule has 5 N–H and O–H groups in total. The molecule has 0 fully saturated rings. The van der Waals surface area contributed by atoms with Crippen molar-refractivity contribution in [2.75, 3.05) is 0 Å². The van der Waals surface area contributed by atoms with Gasteiger partial charge in [0.2, 0.25) is 5.91 Å². The van der Waals surface area contributed by atoms with Gasteiger partial charge in [-0.25, -0.2) is 0 Å². The Bertz CT molecular complexity index is 104. The van der Waals surface area contributed by atoms with Crippen LogP contribution in [0.4, 0.5) is 0 Å². The smallest absolute Gasteiger partial charge is 0.217 e. The van der Waals surface area contributed by atoms with Crippen molar-refractivity contribution in [2.24, 2.45) is 11.5 Å². The average molecular weight is 146 g/mol. The van der Waals surface area contributed by atoms with E-state index in [-0.39, 0.29) is 5.91 Å². The van der Waals surface area contributed by atoms with Crippen molar-refractivity contribution in [2.45, 2.75) is 31.9 Å². The number of carbonyl (C=O) groups excluding carboxylic acids is 1. The summed E-state index contributed by atoms with van der Waals surface area (Å²) in [6.45, 7) is 0. The largest absolute Gasteiger partial charge is 0.379 e. The predicted molar refractivity (Wildman–Crippen MR) is 37.9 cm³/mol. The lowest BCUT2D eigenvalue weighted by molar-refractivity contribution is -0.118. The van der Waals surface area contributed by atoms with Crippen molar-refractivity contribution in [3.8, 4) is 0 Å². The van der Waals surface area contributed by atoms with Crippen LogP contribution in [-0.2, 0) is 4.79 Å². The van der Waals surface area contributed by atoms with Crippen molar-refractivity contribution in [3.63, 3.8) is 0 Å². The maximum atomic E-state index is 10.2. The minimum absolute atomic E-state index is 0.300. The molecule has 0 bridgehead atoms. The third-order valence-corrected chi connectivity index (χ3v) is 1.17. The summed E-state index contributed by atoms with van der Waals surface area (Å²) in [5.41, 5.74) is 9.93. The van der Waals surface area contributed by atoms with E-state index in [4.69, 9.17) is 16.6 Å². The fraction of sp³-hybridized carbons (Fsp3) is 0.833. The predicted octanol–water partition coefficient (Wildman–Crippen LogP) is -0.691. The summed E-state index contributed by atoms with van der Waals surface area (Å²) in [5, 5.41) is 8.58. The first kappa shape index (κ1) is 9.39. The molecule has 4 heteroatoms. The molecule has 0 aromatic heterocycles. The summed E-state index contributed by atoms with van der Waals surface area (Å²) in [5.74, 6) is -0.300. The quantitative estimate of drug-likeness (QED) is 0.354. The molecule has 4 nitrogen and oxygen atoms in total. The van der Waals surface area contributed by atoms with Gasteiger partial charge in [-0.15, -0.1) is 0 Å². The van der Waals surface area contributed by atoms with E-state index in [0.717, 1.165) is 6.42 Å². The Labute approximate surface area is 60.2 Å². The van der Waals surface area contributed by atoms with E-state index in [0.29, 0.717) is 19.3 Å². The second-order valence-corrected chi connectivity index (χ2v) is 2.28. The number of amides is 1. The number of unbranched alkanes of at least 4 members (excludes halogenated alkanes) is 1. The van der Waals surface area contributed by atoms with Gasteiger partial charge < -0.3 is 16.6 Å². The first-order chi connectivity index (χ1) is 4.63. The molecule has 0 aliphatic carbocycles. The van der Waals surface area contributed by atoms with E-state index in [1.807, 2.05) is 0 Å². The second kappa shape index (κ2) is 5.20. The summed E-state index contributed by atoms with van der Waals surface area (Å²) < 4.78 is 0. The van der Waals surface area contributed by atoms with Crippen LogP contribution in [0.25, 0.3) is 0 Å². The topological polar surface area (TPSA) is 89.3 Å². The number of aliphatic hydroxyl groups excluding tert-OH is 1. The van der Waals surface area contributed by atoms with Crippen LogP contribution in [0.5, 0.6) is 0 Å². The van der Waals surface area contributed by atoms with Crippen molar-refractivity contribution in [3.05, 3.63) is 0 Å². The molecule has 10 heavy (non-hydrogen) atoms. The lowest BCUT2D eigenvalue weighted by Crippen LogP contribution is -2.18. The molecular weight excluding hydrogens is 132 g/mol. The third kappa shape index (κ3) is 7.39. The first-order valence-corrected chi connectivity index (χ1v) is 3.35. The normalized spacial score (nSPS) is 13.0. The standard InChI is InChI=1S/C6H14N2O2/c7-5(9)3-1-2-4-6(8)10/h5,9H,1-4,7H2,(H2,8,10). The summed E-state index contributed by atoms with van der Waals surface area (Å²) in [6.07, 6.45) is 1.62. The van der Waals surface area contributed by atoms with E-state index in [1.165, 1.54) is 0 Å². The van der Waals surface area contributed by atoms with Crippen LogP contribution in [-0.4, -0.2) is 17.2 Å². The maximum Gasteiger partial charge on any atom is 0.217 e. The third-order valence-electron chi connectivity index (χ3n) is 1.17. The maximum absolute atomic E-state index is 10.2. The number of primary amides is 1. The van der Waals surface area contributed by atoms with E-state index in [2.05, 4.69) is 0 Å². The summed E-state index contributed by atoms with van der Waals surface area (Å²) in [7, 11) is 0. The molecule has 0 saturated heterocycles. The van der Waals surface area contributed by atoms with Gasteiger partial charge in [-0.2, -0.15) is 0 Å². The molecule has 0 spiro atoms. The van der Waals surface area contributed by atoms with E-state index < -0.39 is 6.23 Å². The zero-order chi connectivity index (χ0) is 7.98. The Morgan fingerprint density at radius 3 is 2.50 bits per heavy atom. The Morgan fingerprint density at radius 1 is 1.50 bits per heavy atom. The molecule has 1 atom stereocenters. The number of aliphatic hydroxyl groups is 1.